The Morgan fingerprint density at radius 1 is 1.36 bits per heavy atom. The van der Waals surface area contributed by atoms with Crippen molar-refractivity contribution < 1.29 is 9.84 Å². The van der Waals surface area contributed by atoms with Crippen molar-refractivity contribution in [2.45, 2.75) is 29.1 Å². The summed E-state index contributed by atoms with van der Waals surface area (Å²) in [5.41, 5.74) is 0.797. The molecule has 2 unspecified atom stereocenters. The van der Waals surface area contributed by atoms with E-state index in [2.05, 4.69) is 20.9 Å². The summed E-state index contributed by atoms with van der Waals surface area (Å²) >= 11 is 11.4. The lowest BCUT2D eigenvalue weighted by Crippen LogP contribution is -2.22. The van der Waals surface area contributed by atoms with Gasteiger partial charge in [-0.1, -0.05) is 17.7 Å². The van der Waals surface area contributed by atoms with Gasteiger partial charge in [-0.25, -0.2) is 0 Å². The maximum Gasteiger partial charge on any atom is 0.116 e. The van der Waals surface area contributed by atoms with Gasteiger partial charge in [-0.3, -0.25) is 4.98 Å². The Labute approximate surface area is 147 Å². The van der Waals surface area contributed by atoms with E-state index in [1.165, 1.54) is 0 Å². The zero-order valence-corrected chi connectivity index (χ0v) is 14.9. The number of rotatable bonds is 3. The third-order valence-electron chi connectivity index (χ3n) is 3.50. The quantitative estimate of drug-likeness (QED) is 0.767. The van der Waals surface area contributed by atoms with Gasteiger partial charge in [0.25, 0.3) is 0 Å². The molecule has 22 heavy (non-hydrogen) atoms. The van der Waals surface area contributed by atoms with Crippen molar-refractivity contribution in [2.24, 2.45) is 0 Å². The van der Waals surface area contributed by atoms with Gasteiger partial charge in [-0.05, 0) is 53.0 Å². The summed E-state index contributed by atoms with van der Waals surface area (Å²) in [5, 5.41) is 10.6. The highest BCUT2D eigenvalue weighted by molar-refractivity contribution is 9.10. The van der Waals surface area contributed by atoms with Gasteiger partial charge in [0.1, 0.15) is 11.9 Å². The summed E-state index contributed by atoms with van der Waals surface area (Å²) in [6.07, 6.45) is 3.50. The molecule has 1 N–H and O–H groups in total. The molecule has 1 aliphatic heterocycles. The number of aromatic nitrogens is 1. The molecule has 6 heteroatoms. The number of pyridine rings is 1. The molecule has 1 aromatic carbocycles. The zero-order chi connectivity index (χ0) is 15.5. The number of aromatic hydroxyl groups is 1. The molecule has 1 aromatic heterocycles. The number of nitrogens with zero attached hydrogens (tertiary/aromatic N) is 1. The molecule has 0 radical (unpaired) electrons. The molecule has 0 spiro atoms. The molecule has 2 aromatic rings. The lowest BCUT2D eigenvalue weighted by Gasteiger charge is -2.29. The Bertz CT molecular complexity index is 670. The standard InChI is InChI=1S/C16H15BrClNO2S/c17-10-6-14(18)16(19-9-10)15-8-13(4-5-21-15)22-12-3-1-2-11(20)7-12/h1-3,6-7,9,13,15,20H,4-5,8H2. The van der Waals surface area contributed by atoms with Gasteiger partial charge in [0.15, 0.2) is 0 Å². The summed E-state index contributed by atoms with van der Waals surface area (Å²) < 4.78 is 6.72. The molecule has 0 bridgehead atoms. The number of halogens is 2. The fourth-order valence-corrected chi connectivity index (χ4v) is 4.44. The minimum atomic E-state index is -0.0795. The van der Waals surface area contributed by atoms with Gasteiger partial charge in [0.05, 0.1) is 10.7 Å². The molecule has 1 fully saturated rings. The third kappa shape index (κ3) is 3.96. The summed E-state index contributed by atoms with van der Waals surface area (Å²) in [5.74, 6) is 0.297. The van der Waals surface area contributed by atoms with Crippen LogP contribution in [0.25, 0.3) is 0 Å². The van der Waals surface area contributed by atoms with Crippen LogP contribution in [0.4, 0.5) is 0 Å². The topological polar surface area (TPSA) is 42.4 Å². The molecule has 0 amide bonds. The molecule has 3 rings (SSSR count). The largest absolute Gasteiger partial charge is 0.508 e. The summed E-state index contributed by atoms with van der Waals surface area (Å²) in [4.78, 5) is 5.47. The number of ether oxygens (including phenoxy) is 1. The van der Waals surface area contributed by atoms with Crippen LogP contribution in [-0.2, 0) is 4.74 Å². The van der Waals surface area contributed by atoms with Crippen LogP contribution in [0, 0.1) is 0 Å². The van der Waals surface area contributed by atoms with Crippen LogP contribution >= 0.6 is 39.3 Å². The fraction of sp³-hybridized carbons (Fsp3) is 0.312. The molecule has 0 saturated carbocycles. The Hall–Kier alpha value is -0.750. The molecule has 2 atom stereocenters. The second kappa shape index (κ2) is 7.21. The number of benzene rings is 1. The van der Waals surface area contributed by atoms with Crippen LogP contribution in [0.1, 0.15) is 24.6 Å². The monoisotopic (exact) mass is 399 g/mol. The van der Waals surface area contributed by atoms with Gasteiger partial charge in [-0.2, -0.15) is 0 Å². The Morgan fingerprint density at radius 2 is 2.23 bits per heavy atom. The van der Waals surface area contributed by atoms with Crippen molar-refractivity contribution >= 4 is 39.3 Å². The minimum Gasteiger partial charge on any atom is -0.508 e. The van der Waals surface area contributed by atoms with Gasteiger partial charge >= 0.3 is 0 Å². The van der Waals surface area contributed by atoms with E-state index in [0.717, 1.165) is 27.9 Å². The van der Waals surface area contributed by atoms with E-state index in [0.29, 0.717) is 22.6 Å². The van der Waals surface area contributed by atoms with Crippen LogP contribution < -0.4 is 0 Å². The first-order valence-electron chi connectivity index (χ1n) is 7.00. The van der Waals surface area contributed by atoms with E-state index in [9.17, 15) is 5.11 Å². The first-order chi connectivity index (χ1) is 10.6. The highest BCUT2D eigenvalue weighted by Gasteiger charge is 2.27. The molecule has 0 aliphatic carbocycles. The lowest BCUT2D eigenvalue weighted by molar-refractivity contribution is 0.0152. The SMILES string of the molecule is Oc1cccc(SC2CCOC(c3ncc(Br)cc3Cl)C2)c1. The van der Waals surface area contributed by atoms with Crippen LogP contribution in [-0.4, -0.2) is 21.9 Å². The fourth-order valence-electron chi connectivity index (χ4n) is 2.48. The highest BCUT2D eigenvalue weighted by atomic mass is 79.9. The second-order valence-electron chi connectivity index (χ2n) is 5.14. The maximum absolute atomic E-state index is 9.56. The van der Waals surface area contributed by atoms with Gasteiger partial charge in [0, 0.05) is 27.4 Å². The van der Waals surface area contributed by atoms with Crippen molar-refractivity contribution in [3.8, 4) is 5.75 Å². The van der Waals surface area contributed by atoms with E-state index < -0.39 is 0 Å². The van der Waals surface area contributed by atoms with Gasteiger partial charge in [-0.15, -0.1) is 11.8 Å². The third-order valence-corrected chi connectivity index (χ3v) is 5.52. The number of hydrogen-bond acceptors (Lipinski definition) is 4. The molecule has 1 saturated heterocycles. The smallest absolute Gasteiger partial charge is 0.116 e. The van der Waals surface area contributed by atoms with Crippen molar-refractivity contribution in [2.75, 3.05) is 6.61 Å². The van der Waals surface area contributed by atoms with E-state index in [-0.39, 0.29) is 6.10 Å². The molecular weight excluding hydrogens is 386 g/mol. The molecule has 1 aliphatic rings. The lowest BCUT2D eigenvalue weighted by atomic mass is 10.1. The van der Waals surface area contributed by atoms with Crippen LogP contribution in [0.2, 0.25) is 5.02 Å². The number of phenols is 1. The summed E-state index contributed by atoms with van der Waals surface area (Å²) in [6, 6.07) is 9.20. The van der Waals surface area contributed by atoms with Gasteiger partial charge in [0.2, 0.25) is 0 Å². The number of hydrogen-bond donors (Lipinski definition) is 1. The average Bonchev–Trinajstić information content (AvgIpc) is 2.47. The highest BCUT2D eigenvalue weighted by Crippen LogP contribution is 2.39. The summed E-state index contributed by atoms with van der Waals surface area (Å²) in [6.45, 7) is 0.690. The molecular formula is C16H15BrClNO2S. The number of phenolic OH excluding ortho intramolecular Hbond substituents is 1. The van der Waals surface area contributed by atoms with Gasteiger partial charge < -0.3 is 9.84 Å². The zero-order valence-electron chi connectivity index (χ0n) is 11.7. The van der Waals surface area contributed by atoms with Crippen molar-refractivity contribution in [1.82, 2.24) is 4.98 Å². The molecule has 116 valence electrons. The predicted molar refractivity (Wildman–Crippen MR) is 92.6 cm³/mol. The summed E-state index contributed by atoms with van der Waals surface area (Å²) in [7, 11) is 0. The first-order valence-corrected chi connectivity index (χ1v) is 9.05. The van der Waals surface area contributed by atoms with Crippen molar-refractivity contribution in [3.05, 3.63) is 51.7 Å². The Kier molecular flexibility index (Phi) is 5.29. The van der Waals surface area contributed by atoms with Crippen LogP contribution in [0.5, 0.6) is 5.75 Å². The Morgan fingerprint density at radius 3 is 3.00 bits per heavy atom. The number of thioether (sulfide) groups is 1. The van der Waals surface area contributed by atoms with E-state index in [4.69, 9.17) is 16.3 Å². The van der Waals surface area contributed by atoms with Crippen molar-refractivity contribution in [1.29, 1.82) is 0 Å². The molecule has 3 nitrogen and oxygen atoms in total. The van der Waals surface area contributed by atoms with Crippen LogP contribution in [0.3, 0.4) is 0 Å². The maximum atomic E-state index is 9.56. The van der Waals surface area contributed by atoms with Crippen LogP contribution in [0.15, 0.2) is 45.9 Å². The van der Waals surface area contributed by atoms with E-state index in [1.54, 1.807) is 30.1 Å². The normalized spacial score (nSPS) is 21.7. The van der Waals surface area contributed by atoms with E-state index >= 15 is 0 Å². The van der Waals surface area contributed by atoms with Crippen molar-refractivity contribution in [3.63, 3.8) is 0 Å². The minimum absolute atomic E-state index is 0.0795. The Balaban J connectivity index is 1.71. The first kappa shape index (κ1) is 16.1. The average molecular weight is 401 g/mol. The second-order valence-corrected chi connectivity index (χ2v) is 7.84. The predicted octanol–water partition coefficient (Wildman–Crippen LogP) is 5.22. The van der Waals surface area contributed by atoms with E-state index in [1.807, 2.05) is 18.2 Å². The molecule has 2 heterocycles.